The first kappa shape index (κ1) is 9.46. The molecule has 0 radical (unpaired) electrons. The zero-order valence-electron chi connectivity index (χ0n) is 8.19. The third-order valence-electron chi connectivity index (χ3n) is 2.68. The first-order chi connectivity index (χ1) is 6.60. The molecule has 2 aliphatic heterocycles. The zero-order valence-corrected chi connectivity index (χ0v) is 8.19. The lowest BCUT2D eigenvalue weighted by atomic mass is 9.94. The van der Waals surface area contributed by atoms with Crippen LogP contribution < -0.4 is 0 Å². The number of aliphatic hydroxyl groups is 1. The second-order valence-electron chi connectivity index (χ2n) is 4.05. The van der Waals surface area contributed by atoms with Gasteiger partial charge in [-0.1, -0.05) is 12.2 Å². The van der Waals surface area contributed by atoms with Gasteiger partial charge in [0.05, 0.1) is 6.10 Å². The fraction of sp³-hybridized carbons (Fsp3) is 0.545. The SMILES string of the molecule is CC12CC(O)/C=C\CCC(=CC1=O)O2. The highest BCUT2D eigenvalue weighted by molar-refractivity contribution is 5.99. The Morgan fingerprint density at radius 3 is 3.21 bits per heavy atom. The number of hydrogen-bond acceptors (Lipinski definition) is 3. The Hall–Kier alpha value is -1.09. The van der Waals surface area contributed by atoms with Crippen molar-refractivity contribution in [2.75, 3.05) is 0 Å². The molecule has 2 unspecified atom stereocenters. The number of hydrogen-bond donors (Lipinski definition) is 1. The summed E-state index contributed by atoms with van der Waals surface area (Å²) >= 11 is 0. The number of ketones is 1. The Balaban J connectivity index is 2.26. The van der Waals surface area contributed by atoms with Crippen molar-refractivity contribution in [2.24, 2.45) is 0 Å². The molecule has 2 bridgehead atoms. The smallest absolute Gasteiger partial charge is 0.202 e. The van der Waals surface area contributed by atoms with E-state index < -0.39 is 11.7 Å². The molecule has 2 heterocycles. The highest BCUT2D eigenvalue weighted by Crippen LogP contribution is 2.32. The maximum absolute atomic E-state index is 11.6. The van der Waals surface area contributed by atoms with Crippen LogP contribution in [0.2, 0.25) is 0 Å². The average Bonchev–Trinajstić information content (AvgIpc) is 2.39. The fourth-order valence-corrected chi connectivity index (χ4v) is 1.88. The van der Waals surface area contributed by atoms with Crippen LogP contribution in [0.1, 0.15) is 26.2 Å². The largest absolute Gasteiger partial charge is 0.484 e. The summed E-state index contributed by atoms with van der Waals surface area (Å²) in [5.41, 5.74) is -0.844. The van der Waals surface area contributed by atoms with Crippen molar-refractivity contribution in [2.45, 2.75) is 37.9 Å². The van der Waals surface area contributed by atoms with Gasteiger partial charge in [0.25, 0.3) is 0 Å². The minimum atomic E-state index is -0.844. The predicted octanol–water partition coefficient (Wildman–Crippen LogP) is 1.33. The van der Waals surface area contributed by atoms with Gasteiger partial charge in [-0.05, 0) is 13.3 Å². The van der Waals surface area contributed by atoms with Crippen molar-refractivity contribution >= 4 is 5.78 Å². The van der Waals surface area contributed by atoms with Crippen molar-refractivity contribution in [1.82, 2.24) is 0 Å². The molecule has 76 valence electrons. The van der Waals surface area contributed by atoms with E-state index in [9.17, 15) is 9.90 Å². The Bertz CT molecular complexity index is 316. The van der Waals surface area contributed by atoms with Crippen molar-refractivity contribution < 1.29 is 14.6 Å². The third-order valence-corrected chi connectivity index (χ3v) is 2.68. The summed E-state index contributed by atoms with van der Waals surface area (Å²) in [6.45, 7) is 1.74. The maximum Gasteiger partial charge on any atom is 0.202 e. The number of rotatable bonds is 0. The summed E-state index contributed by atoms with van der Waals surface area (Å²) in [5, 5.41) is 9.60. The van der Waals surface area contributed by atoms with E-state index in [1.165, 1.54) is 0 Å². The number of aliphatic hydroxyl groups excluding tert-OH is 1. The van der Waals surface area contributed by atoms with E-state index in [4.69, 9.17) is 4.74 Å². The van der Waals surface area contributed by atoms with Crippen LogP contribution in [-0.2, 0) is 9.53 Å². The minimum Gasteiger partial charge on any atom is -0.484 e. The van der Waals surface area contributed by atoms with Gasteiger partial charge in [-0.2, -0.15) is 0 Å². The average molecular weight is 194 g/mol. The monoisotopic (exact) mass is 194 g/mol. The molecule has 0 amide bonds. The van der Waals surface area contributed by atoms with E-state index in [0.717, 1.165) is 18.6 Å². The second kappa shape index (κ2) is 3.24. The van der Waals surface area contributed by atoms with Gasteiger partial charge >= 0.3 is 0 Å². The minimum absolute atomic E-state index is 0.0261. The highest BCUT2D eigenvalue weighted by atomic mass is 16.5. The molecule has 2 aliphatic rings. The summed E-state index contributed by atoms with van der Waals surface area (Å²) in [5.74, 6) is 0.720. The Kier molecular flexibility index (Phi) is 2.19. The summed E-state index contributed by atoms with van der Waals surface area (Å²) in [6.07, 6.45) is 6.53. The molecule has 14 heavy (non-hydrogen) atoms. The van der Waals surface area contributed by atoms with E-state index in [1.807, 2.05) is 6.08 Å². The molecule has 0 aromatic carbocycles. The van der Waals surface area contributed by atoms with E-state index >= 15 is 0 Å². The lowest BCUT2D eigenvalue weighted by molar-refractivity contribution is -0.130. The van der Waals surface area contributed by atoms with Gasteiger partial charge < -0.3 is 9.84 Å². The molecule has 0 aliphatic carbocycles. The lowest BCUT2D eigenvalue weighted by Crippen LogP contribution is -2.36. The van der Waals surface area contributed by atoms with Gasteiger partial charge in [-0.25, -0.2) is 0 Å². The van der Waals surface area contributed by atoms with Crippen LogP contribution in [0.25, 0.3) is 0 Å². The van der Waals surface area contributed by atoms with Crippen molar-refractivity contribution in [3.8, 4) is 0 Å². The molecule has 1 N–H and O–H groups in total. The molecule has 0 spiro atoms. The van der Waals surface area contributed by atoms with Crippen LogP contribution in [0.5, 0.6) is 0 Å². The Morgan fingerprint density at radius 2 is 2.43 bits per heavy atom. The molecule has 0 saturated carbocycles. The van der Waals surface area contributed by atoms with Crippen molar-refractivity contribution in [3.05, 3.63) is 24.0 Å². The van der Waals surface area contributed by atoms with Crippen molar-refractivity contribution in [3.63, 3.8) is 0 Å². The van der Waals surface area contributed by atoms with Crippen LogP contribution in [0.3, 0.4) is 0 Å². The first-order valence-electron chi connectivity index (χ1n) is 4.89. The van der Waals surface area contributed by atoms with Gasteiger partial charge in [-0.3, -0.25) is 4.79 Å². The Labute approximate surface area is 83.1 Å². The third kappa shape index (κ3) is 1.60. The van der Waals surface area contributed by atoms with Crippen LogP contribution in [-0.4, -0.2) is 22.6 Å². The van der Waals surface area contributed by atoms with Crippen molar-refractivity contribution in [1.29, 1.82) is 0 Å². The van der Waals surface area contributed by atoms with E-state index in [-0.39, 0.29) is 5.78 Å². The van der Waals surface area contributed by atoms with Gasteiger partial charge in [0.15, 0.2) is 5.60 Å². The Morgan fingerprint density at radius 1 is 1.64 bits per heavy atom. The molecule has 0 saturated heterocycles. The molecule has 2 atom stereocenters. The number of fused-ring (bicyclic) bond motifs is 2. The van der Waals surface area contributed by atoms with Crippen LogP contribution >= 0.6 is 0 Å². The predicted molar refractivity (Wildman–Crippen MR) is 51.6 cm³/mol. The van der Waals surface area contributed by atoms with E-state index in [1.54, 1.807) is 19.1 Å². The zero-order chi connectivity index (χ0) is 10.2. The maximum atomic E-state index is 11.6. The molecule has 0 aromatic heterocycles. The molecule has 3 nitrogen and oxygen atoms in total. The van der Waals surface area contributed by atoms with Gasteiger partial charge in [0.1, 0.15) is 5.76 Å². The van der Waals surface area contributed by atoms with E-state index in [2.05, 4.69) is 0 Å². The number of allylic oxidation sites excluding steroid dienone is 2. The molecule has 2 rings (SSSR count). The topological polar surface area (TPSA) is 46.5 Å². The molecular weight excluding hydrogens is 180 g/mol. The van der Waals surface area contributed by atoms with E-state index in [0.29, 0.717) is 6.42 Å². The summed E-state index contributed by atoms with van der Waals surface area (Å²) in [7, 11) is 0. The second-order valence-corrected chi connectivity index (χ2v) is 4.05. The van der Waals surface area contributed by atoms with Crippen LogP contribution in [0.15, 0.2) is 24.0 Å². The molecule has 3 heteroatoms. The molecule has 0 aromatic rings. The highest BCUT2D eigenvalue weighted by Gasteiger charge is 2.41. The quantitative estimate of drug-likeness (QED) is 0.592. The molecular formula is C11H14O3. The van der Waals surface area contributed by atoms with Gasteiger partial charge in [0, 0.05) is 18.9 Å². The number of carbonyl (C=O) groups excluding carboxylic acids is 1. The summed E-state index contributed by atoms with van der Waals surface area (Å²) in [4.78, 5) is 11.6. The van der Waals surface area contributed by atoms with Gasteiger partial charge in [-0.15, -0.1) is 0 Å². The van der Waals surface area contributed by atoms with Crippen LogP contribution in [0, 0.1) is 0 Å². The number of carbonyl (C=O) groups is 1. The number of ether oxygens (including phenoxy) is 1. The molecule has 0 fully saturated rings. The van der Waals surface area contributed by atoms with Gasteiger partial charge in [0.2, 0.25) is 5.78 Å². The van der Waals surface area contributed by atoms with Crippen LogP contribution in [0.4, 0.5) is 0 Å². The fourth-order valence-electron chi connectivity index (χ4n) is 1.88. The summed E-state index contributed by atoms with van der Waals surface area (Å²) in [6, 6.07) is 0. The standard InChI is InChI=1S/C11H14O3/c1-11-7-8(12)4-2-3-5-9(14-11)6-10(11)13/h2,4,6,8,12H,3,5,7H2,1H3/b4-2-. The lowest BCUT2D eigenvalue weighted by Gasteiger charge is -2.24. The summed E-state index contributed by atoms with van der Waals surface area (Å²) < 4.78 is 5.56. The first-order valence-corrected chi connectivity index (χ1v) is 4.89. The normalized spacial score (nSPS) is 39.1.